The number of aromatic nitrogens is 1. The third kappa shape index (κ3) is 2.88. The van der Waals surface area contributed by atoms with Crippen LogP contribution in [0.25, 0.3) is 0 Å². The van der Waals surface area contributed by atoms with Crippen molar-refractivity contribution in [3.8, 4) is 0 Å². The predicted octanol–water partition coefficient (Wildman–Crippen LogP) is 1.06. The Bertz CT molecular complexity index is 381. The van der Waals surface area contributed by atoms with Crippen LogP contribution < -0.4 is 5.73 Å². The van der Waals surface area contributed by atoms with Gasteiger partial charge in [-0.25, -0.2) is 0 Å². The molecule has 0 aliphatic carbocycles. The summed E-state index contributed by atoms with van der Waals surface area (Å²) in [6, 6.07) is 5.35. The lowest BCUT2D eigenvalue weighted by atomic mass is 10.1. The monoisotopic (exact) mass is 248 g/mol. The Morgan fingerprint density at radius 1 is 1.33 bits per heavy atom. The van der Waals surface area contributed by atoms with Gasteiger partial charge in [0.05, 0.1) is 5.69 Å². The first kappa shape index (κ1) is 13.5. The maximum atomic E-state index is 5.74. The smallest absolute Gasteiger partial charge is 0.0584 e. The first-order chi connectivity index (χ1) is 8.61. The van der Waals surface area contributed by atoms with Crippen LogP contribution in [0.1, 0.15) is 25.1 Å². The normalized spacial score (nSPS) is 26.4. The highest BCUT2D eigenvalue weighted by atomic mass is 15.3. The highest BCUT2D eigenvalue weighted by molar-refractivity contribution is 5.19. The van der Waals surface area contributed by atoms with E-state index in [0.717, 1.165) is 25.3 Å². The molecule has 1 aromatic heterocycles. The van der Waals surface area contributed by atoms with Gasteiger partial charge in [0, 0.05) is 44.5 Å². The Labute approximate surface area is 110 Å². The maximum absolute atomic E-state index is 5.74. The Morgan fingerprint density at radius 3 is 2.61 bits per heavy atom. The largest absolute Gasteiger partial charge is 0.325 e. The molecule has 0 radical (unpaired) electrons. The molecule has 2 rings (SSSR count). The summed E-state index contributed by atoms with van der Waals surface area (Å²) in [6.07, 6.45) is 1.82. The van der Waals surface area contributed by atoms with Crippen molar-refractivity contribution < 1.29 is 0 Å². The molecule has 0 bridgehead atoms. The van der Waals surface area contributed by atoms with E-state index < -0.39 is 0 Å². The van der Waals surface area contributed by atoms with Crippen molar-refractivity contribution in [3.05, 3.63) is 29.6 Å². The lowest BCUT2D eigenvalue weighted by Gasteiger charge is -2.42. The van der Waals surface area contributed by atoms with Crippen molar-refractivity contribution in [2.45, 2.75) is 39.0 Å². The summed E-state index contributed by atoms with van der Waals surface area (Å²) in [5, 5.41) is 0. The molecule has 2 unspecified atom stereocenters. The van der Waals surface area contributed by atoms with Gasteiger partial charge in [-0.1, -0.05) is 6.07 Å². The van der Waals surface area contributed by atoms with Crippen LogP contribution in [0, 0.1) is 0 Å². The molecule has 4 heteroatoms. The van der Waals surface area contributed by atoms with E-state index in [4.69, 9.17) is 5.73 Å². The van der Waals surface area contributed by atoms with Crippen LogP contribution in [0.3, 0.4) is 0 Å². The average Bonchev–Trinajstić information content (AvgIpc) is 2.36. The van der Waals surface area contributed by atoms with Gasteiger partial charge in [0.2, 0.25) is 0 Å². The van der Waals surface area contributed by atoms with Gasteiger partial charge in [0.15, 0.2) is 0 Å². The molecule has 1 aliphatic heterocycles. The molecule has 0 amide bonds. The van der Waals surface area contributed by atoms with Crippen molar-refractivity contribution in [1.82, 2.24) is 14.8 Å². The molecule has 0 saturated carbocycles. The van der Waals surface area contributed by atoms with E-state index in [2.05, 4.69) is 41.7 Å². The Morgan fingerprint density at radius 2 is 2.00 bits per heavy atom. The van der Waals surface area contributed by atoms with Crippen molar-refractivity contribution in [2.75, 3.05) is 20.1 Å². The average molecular weight is 248 g/mol. The van der Waals surface area contributed by atoms with Gasteiger partial charge in [0.1, 0.15) is 0 Å². The fourth-order valence-corrected chi connectivity index (χ4v) is 2.68. The summed E-state index contributed by atoms with van der Waals surface area (Å²) in [5.41, 5.74) is 8.04. The Kier molecular flexibility index (Phi) is 4.32. The van der Waals surface area contributed by atoms with Gasteiger partial charge in [-0.3, -0.25) is 14.8 Å². The topological polar surface area (TPSA) is 45.4 Å². The van der Waals surface area contributed by atoms with Crippen LogP contribution in [0.4, 0.5) is 0 Å². The highest BCUT2D eigenvalue weighted by Gasteiger charge is 2.26. The number of rotatable bonds is 3. The third-order valence-electron chi connectivity index (χ3n) is 4.01. The number of hydrogen-bond acceptors (Lipinski definition) is 4. The third-order valence-corrected chi connectivity index (χ3v) is 4.01. The lowest BCUT2D eigenvalue weighted by Crippen LogP contribution is -2.54. The van der Waals surface area contributed by atoms with Crippen molar-refractivity contribution in [2.24, 2.45) is 5.73 Å². The number of piperazine rings is 1. The number of hydrogen-bond donors (Lipinski definition) is 1. The minimum absolute atomic E-state index is 0.523. The SMILES string of the molecule is CC1CN(Cc2cccnc2CN)CC(C)N1C. The minimum atomic E-state index is 0.523. The summed E-state index contributed by atoms with van der Waals surface area (Å²) in [4.78, 5) is 9.31. The van der Waals surface area contributed by atoms with E-state index in [0.29, 0.717) is 18.6 Å². The molecule has 1 fully saturated rings. The van der Waals surface area contributed by atoms with E-state index in [-0.39, 0.29) is 0 Å². The molecule has 100 valence electrons. The fraction of sp³-hybridized carbons (Fsp3) is 0.643. The molecule has 1 aliphatic rings. The number of pyridine rings is 1. The van der Waals surface area contributed by atoms with E-state index in [1.54, 1.807) is 0 Å². The summed E-state index contributed by atoms with van der Waals surface area (Å²) >= 11 is 0. The van der Waals surface area contributed by atoms with Gasteiger partial charge < -0.3 is 5.73 Å². The van der Waals surface area contributed by atoms with Crippen molar-refractivity contribution >= 4 is 0 Å². The minimum Gasteiger partial charge on any atom is -0.325 e. The molecule has 2 atom stereocenters. The molecule has 0 spiro atoms. The van der Waals surface area contributed by atoms with Crippen LogP contribution in [0.15, 0.2) is 18.3 Å². The van der Waals surface area contributed by atoms with Gasteiger partial charge in [0.25, 0.3) is 0 Å². The van der Waals surface area contributed by atoms with E-state index in [9.17, 15) is 0 Å². The van der Waals surface area contributed by atoms with E-state index in [1.165, 1.54) is 5.56 Å². The van der Waals surface area contributed by atoms with Gasteiger partial charge in [-0.05, 0) is 32.5 Å². The Balaban J connectivity index is 2.05. The number of likely N-dealkylation sites (N-methyl/N-ethyl adjacent to an activating group) is 1. The van der Waals surface area contributed by atoms with Crippen molar-refractivity contribution in [1.29, 1.82) is 0 Å². The van der Waals surface area contributed by atoms with E-state index >= 15 is 0 Å². The standard InChI is InChI=1S/C14H24N4/c1-11-8-18(9-12(2)17(11)3)10-13-5-4-6-16-14(13)7-15/h4-6,11-12H,7-10,15H2,1-3H3. The van der Waals surface area contributed by atoms with Gasteiger partial charge in [-0.2, -0.15) is 0 Å². The zero-order valence-electron chi connectivity index (χ0n) is 11.6. The van der Waals surface area contributed by atoms with E-state index in [1.807, 2.05) is 12.3 Å². The summed E-state index contributed by atoms with van der Waals surface area (Å²) in [6.45, 7) is 8.28. The van der Waals surface area contributed by atoms with Gasteiger partial charge in [-0.15, -0.1) is 0 Å². The highest BCUT2D eigenvalue weighted by Crippen LogP contribution is 2.17. The summed E-state index contributed by atoms with van der Waals surface area (Å²) in [7, 11) is 2.21. The zero-order chi connectivity index (χ0) is 13.1. The molecular formula is C14H24N4. The quantitative estimate of drug-likeness (QED) is 0.869. The van der Waals surface area contributed by atoms with Crippen LogP contribution in [0.5, 0.6) is 0 Å². The fourth-order valence-electron chi connectivity index (χ4n) is 2.68. The second-order valence-corrected chi connectivity index (χ2v) is 5.37. The van der Waals surface area contributed by atoms with Crippen LogP contribution in [-0.4, -0.2) is 47.0 Å². The van der Waals surface area contributed by atoms with Crippen LogP contribution >= 0.6 is 0 Å². The van der Waals surface area contributed by atoms with Gasteiger partial charge >= 0.3 is 0 Å². The first-order valence-corrected chi connectivity index (χ1v) is 6.69. The summed E-state index contributed by atoms with van der Waals surface area (Å²) in [5.74, 6) is 0. The lowest BCUT2D eigenvalue weighted by molar-refractivity contribution is 0.0554. The second kappa shape index (κ2) is 5.78. The zero-order valence-corrected chi connectivity index (χ0v) is 11.6. The predicted molar refractivity (Wildman–Crippen MR) is 74.1 cm³/mol. The first-order valence-electron chi connectivity index (χ1n) is 6.69. The molecule has 2 heterocycles. The van der Waals surface area contributed by atoms with Crippen LogP contribution in [-0.2, 0) is 13.1 Å². The number of nitrogens with zero attached hydrogens (tertiary/aromatic N) is 3. The summed E-state index contributed by atoms with van der Waals surface area (Å²) < 4.78 is 0. The Hall–Kier alpha value is -0.970. The number of nitrogens with two attached hydrogens (primary N) is 1. The van der Waals surface area contributed by atoms with Crippen molar-refractivity contribution in [3.63, 3.8) is 0 Å². The molecule has 4 nitrogen and oxygen atoms in total. The molecule has 18 heavy (non-hydrogen) atoms. The maximum Gasteiger partial charge on any atom is 0.0584 e. The molecular weight excluding hydrogens is 224 g/mol. The molecule has 0 aromatic carbocycles. The second-order valence-electron chi connectivity index (χ2n) is 5.37. The van der Waals surface area contributed by atoms with Crippen LogP contribution in [0.2, 0.25) is 0 Å². The molecule has 1 saturated heterocycles. The molecule has 2 N–H and O–H groups in total. The molecule has 1 aromatic rings.